The van der Waals surface area contributed by atoms with Gasteiger partial charge in [-0.25, -0.2) is 0 Å². The van der Waals surface area contributed by atoms with Gasteiger partial charge in [-0.05, 0) is 39.2 Å². The van der Waals surface area contributed by atoms with Gasteiger partial charge in [-0.15, -0.1) is 0 Å². The monoisotopic (exact) mass is 169 g/mol. The largest absolute Gasteiger partial charge is 0.391 e. The zero-order chi connectivity index (χ0) is 8.55. The maximum atomic E-state index is 9.69. The lowest BCUT2D eigenvalue weighted by molar-refractivity contribution is 0.0369. The molecule has 0 aromatic rings. The van der Waals surface area contributed by atoms with Crippen molar-refractivity contribution in [2.45, 2.75) is 56.7 Å². The lowest BCUT2D eigenvalue weighted by Gasteiger charge is -2.39. The van der Waals surface area contributed by atoms with Crippen LogP contribution in [0.2, 0.25) is 0 Å². The van der Waals surface area contributed by atoms with Crippen LogP contribution in [0.4, 0.5) is 0 Å². The molecular formula is C10H19NO. The van der Waals surface area contributed by atoms with Crippen molar-refractivity contribution in [1.29, 1.82) is 0 Å². The molecule has 0 radical (unpaired) electrons. The van der Waals surface area contributed by atoms with Crippen molar-refractivity contribution >= 4 is 0 Å². The van der Waals surface area contributed by atoms with Gasteiger partial charge < -0.3 is 5.11 Å². The van der Waals surface area contributed by atoms with Crippen LogP contribution in [0.25, 0.3) is 0 Å². The van der Waals surface area contributed by atoms with E-state index in [9.17, 15) is 5.11 Å². The van der Waals surface area contributed by atoms with E-state index in [1.165, 1.54) is 32.1 Å². The Morgan fingerprint density at radius 3 is 2.17 bits per heavy atom. The fourth-order valence-corrected chi connectivity index (χ4v) is 2.46. The van der Waals surface area contributed by atoms with Crippen molar-refractivity contribution in [3.63, 3.8) is 0 Å². The number of hydrogen-bond acceptors (Lipinski definition) is 2. The first kappa shape index (κ1) is 8.52. The smallest absolute Gasteiger partial charge is 0.0695 e. The summed E-state index contributed by atoms with van der Waals surface area (Å²) in [5.74, 6) is 0. The molecule has 0 amide bonds. The topological polar surface area (TPSA) is 23.5 Å². The van der Waals surface area contributed by atoms with Crippen LogP contribution in [-0.2, 0) is 0 Å². The minimum atomic E-state index is -0.0457. The van der Waals surface area contributed by atoms with E-state index in [0.29, 0.717) is 6.04 Å². The lowest BCUT2D eigenvalue weighted by atomic mass is 9.90. The van der Waals surface area contributed by atoms with Crippen molar-refractivity contribution in [2.24, 2.45) is 0 Å². The summed E-state index contributed by atoms with van der Waals surface area (Å²) in [6.45, 7) is 0. The Balaban J connectivity index is 1.89. The molecule has 0 aromatic heterocycles. The van der Waals surface area contributed by atoms with E-state index in [1.54, 1.807) is 0 Å². The van der Waals surface area contributed by atoms with Gasteiger partial charge in [-0.1, -0.05) is 6.42 Å². The first-order valence-corrected chi connectivity index (χ1v) is 5.19. The Hall–Kier alpha value is -0.0800. The number of rotatable bonds is 2. The zero-order valence-corrected chi connectivity index (χ0v) is 7.87. The molecule has 0 saturated heterocycles. The van der Waals surface area contributed by atoms with Crippen LogP contribution in [0.3, 0.4) is 0 Å². The number of nitrogens with zero attached hydrogens (tertiary/aromatic N) is 1. The molecule has 2 saturated carbocycles. The number of aliphatic hydroxyl groups is 1. The van der Waals surface area contributed by atoms with Gasteiger partial charge in [0.1, 0.15) is 0 Å². The molecule has 2 nitrogen and oxygen atoms in total. The molecule has 2 aliphatic carbocycles. The maximum Gasteiger partial charge on any atom is 0.0695 e. The van der Waals surface area contributed by atoms with E-state index in [4.69, 9.17) is 0 Å². The quantitative estimate of drug-likeness (QED) is 0.675. The normalized spacial score (nSPS) is 37.2. The molecule has 0 bridgehead atoms. The highest BCUT2D eigenvalue weighted by atomic mass is 16.3. The van der Waals surface area contributed by atoms with E-state index in [0.717, 1.165) is 12.5 Å². The highest BCUT2D eigenvalue weighted by Crippen LogP contribution is 2.31. The molecule has 0 aromatic carbocycles. The number of aliphatic hydroxyl groups excluding tert-OH is 1. The highest BCUT2D eigenvalue weighted by Gasteiger charge is 2.34. The molecule has 2 fully saturated rings. The average molecular weight is 169 g/mol. The second-order valence-electron chi connectivity index (χ2n) is 4.32. The molecule has 2 rings (SSSR count). The summed E-state index contributed by atoms with van der Waals surface area (Å²) in [7, 11) is 2.18. The predicted octanol–water partition coefficient (Wildman–Crippen LogP) is 1.38. The molecule has 0 heterocycles. The maximum absolute atomic E-state index is 9.69. The molecule has 2 aliphatic rings. The van der Waals surface area contributed by atoms with Crippen LogP contribution in [0.15, 0.2) is 0 Å². The van der Waals surface area contributed by atoms with Crippen LogP contribution >= 0.6 is 0 Å². The van der Waals surface area contributed by atoms with E-state index in [2.05, 4.69) is 11.9 Å². The first-order chi connectivity index (χ1) is 5.79. The van der Waals surface area contributed by atoms with Gasteiger partial charge in [0.05, 0.1) is 6.10 Å². The van der Waals surface area contributed by atoms with Crippen molar-refractivity contribution < 1.29 is 5.11 Å². The Morgan fingerprint density at radius 2 is 1.75 bits per heavy atom. The fraction of sp³-hybridized carbons (Fsp3) is 1.00. The summed E-state index contributed by atoms with van der Waals surface area (Å²) in [6.07, 6.45) is 7.46. The summed E-state index contributed by atoms with van der Waals surface area (Å²) in [5.41, 5.74) is 0. The number of hydrogen-bond donors (Lipinski definition) is 1. The lowest BCUT2D eigenvalue weighted by Crippen LogP contribution is -2.47. The Morgan fingerprint density at radius 1 is 1.08 bits per heavy atom. The molecule has 12 heavy (non-hydrogen) atoms. The molecular weight excluding hydrogens is 150 g/mol. The third-order valence-corrected chi connectivity index (χ3v) is 3.62. The molecule has 1 N–H and O–H groups in total. The standard InChI is InChI=1S/C10H19NO/c1-11(8-4-2-5-8)9-6-3-7-10(9)12/h8-10,12H,2-7H2,1H3. The minimum Gasteiger partial charge on any atom is -0.391 e. The van der Waals surface area contributed by atoms with E-state index < -0.39 is 0 Å². The fourth-order valence-electron chi connectivity index (χ4n) is 2.46. The van der Waals surface area contributed by atoms with Crippen molar-refractivity contribution in [3.8, 4) is 0 Å². The molecule has 2 unspecified atom stereocenters. The van der Waals surface area contributed by atoms with Crippen LogP contribution < -0.4 is 0 Å². The Labute approximate surface area is 74.6 Å². The van der Waals surface area contributed by atoms with E-state index >= 15 is 0 Å². The Kier molecular flexibility index (Phi) is 2.37. The zero-order valence-electron chi connectivity index (χ0n) is 7.87. The van der Waals surface area contributed by atoms with Crippen molar-refractivity contribution in [2.75, 3.05) is 7.05 Å². The highest BCUT2D eigenvalue weighted by molar-refractivity contribution is 4.89. The molecule has 0 aliphatic heterocycles. The van der Waals surface area contributed by atoms with Crippen LogP contribution in [-0.4, -0.2) is 35.2 Å². The second-order valence-corrected chi connectivity index (χ2v) is 4.32. The van der Waals surface area contributed by atoms with Gasteiger partial charge in [0.2, 0.25) is 0 Å². The predicted molar refractivity (Wildman–Crippen MR) is 49.0 cm³/mol. The summed E-state index contributed by atoms with van der Waals surface area (Å²) in [4.78, 5) is 2.42. The van der Waals surface area contributed by atoms with Gasteiger partial charge in [-0.3, -0.25) is 4.90 Å². The number of likely N-dealkylation sites (N-methyl/N-ethyl adjacent to an activating group) is 1. The third-order valence-electron chi connectivity index (χ3n) is 3.62. The average Bonchev–Trinajstić information content (AvgIpc) is 2.31. The summed E-state index contributed by atoms with van der Waals surface area (Å²) in [5, 5.41) is 9.69. The third kappa shape index (κ3) is 1.38. The van der Waals surface area contributed by atoms with Crippen LogP contribution in [0.5, 0.6) is 0 Å². The minimum absolute atomic E-state index is 0.0457. The molecule has 2 atom stereocenters. The van der Waals surface area contributed by atoms with Crippen LogP contribution in [0, 0.1) is 0 Å². The molecule has 70 valence electrons. The SMILES string of the molecule is CN(C1CCC1)C1CCCC1O. The van der Waals surface area contributed by atoms with Gasteiger partial charge in [0, 0.05) is 12.1 Å². The molecule has 2 heteroatoms. The summed E-state index contributed by atoms with van der Waals surface area (Å²) < 4.78 is 0. The van der Waals surface area contributed by atoms with Crippen molar-refractivity contribution in [1.82, 2.24) is 4.90 Å². The summed E-state index contributed by atoms with van der Waals surface area (Å²) >= 11 is 0. The molecule has 0 spiro atoms. The second kappa shape index (κ2) is 3.35. The van der Waals surface area contributed by atoms with Gasteiger partial charge in [-0.2, -0.15) is 0 Å². The Bertz CT molecular complexity index is 156. The van der Waals surface area contributed by atoms with Gasteiger partial charge in [0.15, 0.2) is 0 Å². The van der Waals surface area contributed by atoms with E-state index in [1.807, 2.05) is 0 Å². The van der Waals surface area contributed by atoms with Gasteiger partial charge in [0.25, 0.3) is 0 Å². The van der Waals surface area contributed by atoms with E-state index in [-0.39, 0.29) is 6.10 Å². The van der Waals surface area contributed by atoms with Crippen LogP contribution in [0.1, 0.15) is 38.5 Å². The first-order valence-electron chi connectivity index (χ1n) is 5.19. The summed E-state index contributed by atoms with van der Waals surface area (Å²) in [6, 6.07) is 1.25. The van der Waals surface area contributed by atoms with Gasteiger partial charge >= 0.3 is 0 Å². The van der Waals surface area contributed by atoms with Crippen molar-refractivity contribution in [3.05, 3.63) is 0 Å².